The van der Waals surface area contributed by atoms with Crippen LogP contribution in [-0.4, -0.2) is 24.4 Å². The number of hydrogen-bond donors (Lipinski definition) is 2. The number of piperidine rings is 1. The number of amides is 2. The Bertz CT molecular complexity index is 615. The van der Waals surface area contributed by atoms with Gasteiger partial charge in [0.25, 0.3) is 5.91 Å². The number of rotatable bonds is 2. The van der Waals surface area contributed by atoms with E-state index >= 15 is 0 Å². The molecule has 1 aliphatic heterocycles. The zero-order valence-corrected chi connectivity index (χ0v) is 15.0. The Morgan fingerprint density at radius 3 is 2.83 bits per heavy atom. The second-order valence-electron chi connectivity index (χ2n) is 7.82. The molecule has 1 aromatic rings. The maximum atomic E-state index is 12.5. The first-order valence-corrected chi connectivity index (χ1v) is 9.36. The molecule has 2 atom stereocenters. The Kier molecular flexibility index (Phi) is 4.50. The molecule has 2 N–H and O–H groups in total. The van der Waals surface area contributed by atoms with Gasteiger partial charge in [-0.05, 0) is 55.1 Å². The number of thiophene rings is 1. The summed E-state index contributed by atoms with van der Waals surface area (Å²) in [5, 5.41) is 5.70. The van der Waals surface area contributed by atoms with E-state index in [9.17, 15) is 9.59 Å². The summed E-state index contributed by atoms with van der Waals surface area (Å²) in [5.74, 6) is 0.516. The average Bonchev–Trinajstić information content (AvgIpc) is 2.92. The van der Waals surface area contributed by atoms with E-state index in [0.29, 0.717) is 17.9 Å². The zero-order valence-electron chi connectivity index (χ0n) is 14.2. The van der Waals surface area contributed by atoms with Gasteiger partial charge >= 0.3 is 0 Å². The van der Waals surface area contributed by atoms with Crippen molar-refractivity contribution in [2.24, 2.45) is 11.3 Å². The molecule has 1 aromatic heterocycles. The van der Waals surface area contributed by atoms with E-state index in [1.807, 2.05) is 6.07 Å². The van der Waals surface area contributed by atoms with Crippen molar-refractivity contribution in [3.05, 3.63) is 21.4 Å². The summed E-state index contributed by atoms with van der Waals surface area (Å²) < 4.78 is 0. The van der Waals surface area contributed by atoms with Crippen LogP contribution in [0.1, 0.15) is 60.1 Å². The van der Waals surface area contributed by atoms with Crippen LogP contribution < -0.4 is 10.6 Å². The number of nitrogens with one attached hydrogen (secondary N) is 2. The molecule has 0 spiro atoms. The summed E-state index contributed by atoms with van der Waals surface area (Å²) in [6, 6.07) is 1.67. The first-order chi connectivity index (χ1) is 10.8. The molecule has 1 saturated heterocycles. The first-order valence-electron chi connectivity index (χ1n) is 8.55. The highest BCUT2D eigenvalue weighted by atomic mass is 32.1. The van der Waals surface area contributed by atoms with Gasteiger partial charge in [0.15, 0.2) is 0 Å². The molecule has 2 unspecified atom stereocenters. The Morgan fingerprint density at radius 2 is 2.13 bits per heavy atom. The second kappa shape index (κ2) is 6.27. The summed E-state index contributed by atoms with van der Waals surface area (Å²) >= 11 is 1.60. The van der Waals surface area contributed by atoms with Crippen LogP contribution in [0.2, 0.25) is 0 Å². The normalized spacial score (nSPS) is 24.7. The molecule has 3 rings (SSSR count). The van der Waals surface area contributed by atoms with Crippen molar-refractivity contribution in [1.82, 2.24) is 10.6 Å². The largest absolute Gasteiger partial charge is 0.354 e. The van der Waals surface area contributed by atoms with Crippen LogP contribution in [-0.2, 0) is 17.6 Å². The minimum atomic E-state index is -0.377. The van der Waals surface area contributed by atoms with Crippen LogP contribution in [0.25, 0.3) is 0 Å². The van der Waals surface area contributed by atoms with Crippen LogP contribution in [0.15, 0.2) is 6.07 Å². The lowest BCUT2D eigenvalue weighted by Gasteiger charge is -2.33. The van der Waals surface area contributed by atoms with Gasteiger partial charge in [0, 0.05) is 11.4 Å². The van der Waals surface area contributed by atoms with Gasteiger partial charge in [0.2, 0.25) is 5.91 Å². The minimum Gasteiger partial charge on any atom is -0.354 e. The number of hydrogen-bond acceptors (Lipinski definition) is 3. The third-order valence-electron chi connectivity index (χ3n) is 5.12. The Labute approximate surface area is 142 Å². The molecular formula is C18H26N2O2S. The predicted molar refractivity (Wildman–Crippen MR) is 92.8 cm³/mol. The molecule has 0 radical (unpaired) electrons. The summed E-state index contributed by atoms with van der Waals surface area (Å²) in [4.78, 5) is 26.4. The summed E-state index contributed by atoms with van der Waals surface area (Å²) in [6.45, 7) is 7.60. The van der Waals surface area contributed by atoms with Crippen molar-refractivity contribution < 1.29 is 9.59 Å². The summed E-state index contributed by atoms with van der Waals surface area (Å²) in [7, 11) is 0. The smallest absolute Gasteiger partial charge is 0.262 e. The van der Waals surface area contributed by atoms with Gasteiger partial charge in [-0.15, -0.1) is 11.3 Å². The van der Waals surface area contributed by atoms with Crippen LogP contribution in [0.4, 0.5) is 0 Å². The molecule has 2 amide bonds. The third-order valence-corrected chi connectivity index (χ3v) is 6.36. The van der Waals surface area contributed by atoms with Crippen molar-refractivity contribution in [3.63, 3.8) is 0 Å². The van der Waals surface area contributed by atoms with Gasteiger partial charge in [-0.1, -0.05) is 20.8 Å². The van der Waals surface area contributed by atoms with Crippen LogP contribution >= 0.6 is 11.3 Å². The van der Waals surface area contributed by atoms with Gasteiger partial charge in [-0.2, -0.15) is 0 Å². The molecule has 2 heterocycles. The number of carbonyl (C=O) groups excluding carboxylic acids is 2. The third kappa shape index (κ3) is 3.60. The van der Waals surface area contributed by atoms with Crippen molar-refractivity contribution >= 4 is 23.2 Å². The first kappa shape index (κ1) is 16.5. The fourth-order valence-electron chi connectivity index (χ4n) is 3.51. The van der Waals surface area contributed by atoms with Crippen molar-refractivity contribution in [2.75, 3.05) is 6.54 Å². The van der Waals surface area contributed by atoms with Crippen molar-refractivity contribution in [2.45, 2.75) is 58.9 Å². The number of aryl methyl sites for hydroxylation is 1. The fourth-order valence-corrected chi connectivity index (χ4v) is 4.63. The molecule has 5 heteroatoms. The molecule has 1 fully saturated rings. The number of carbonyl (C=O) groups is 2. The van der Waals surface area contributed by atoms with Gasteiger partial charge < -0.3 is 10.6 Å². The van der Waals surface area contributed by atoms with Crippen LogP contribution in [0.3, 0.4) is 0 Å². The standard InChI is InChI=1S/C18H26N2O2S/c1-18(2,3)12-6-7-14-11(9-12)10-15(23-14)17(22)20-13-5-4-8-19-16(13)21/h10,12-13H,4-9H2,1-3H3,(H,19,21)(H,20,22). The van der Waals surface area contributed by atoms with Gasteiger partial charge in [0.05, 0.1) is 4.88 Å². The van der Waals surface area contributed by atoms with E-state index in [4.69, 9.17) is 0 Å². The Balaban J connectivity index is 1.69. The maximum Gasteiger partial charge on any atom is 0.262 e. The SMILES string of the molecule is CC(C)(C)C1CCc2sc(C(=O)NC3CCCNC3=O)cc2C1. The molecule has 0 aromatic carbocycles. The lowest BCUT2D eigenvalue weighted by Crippen LogP contribution is -2.50. The molecule has 1 aliphatic carbocycles. The lowest BCUT2D eigenvalue weighted by atomic mass is 9.72. The van der Waals surface area contributed by atoms with Crippen LogP contribution in [0, 0.1) is 11.3 Å². The van der Waals surface area contributed by atoms with E-state index in [0.717, 1.165) is 30.6 Å². The lowest BCUT2D eigenvalue weighted by molar-refractivity contribution is -0.124. The minimum absolute atomic E-state index is 0.0567. The van der Waals surface area contributed by atoms with Crippen molar-refractivity contribution in [3.8, 4) is 0 Å². The molecule has 23 heavy (non-hydrogen) atoms. The molecule has 126 valence electrons. The molecule has 0 saturated carbocycles. The van der Waals surface area contributed by atoms with E-state index in [1.165, 1.54) is 16.9 Å². The van der Waals surface area contributed by atoms with Crippen LogP contribution in [0.5, 0.6) is 0 Å². The second-order valence-corrected chi connectivity index (χ2v) is 8.96. The topological polar surface area (TPSA) is 58.2 Å². The van der Waals surface area contributed by atoms with Gasteiger partial charge in [0.1, 0.15) is 6.04 Å². The summed E-state index contributed by atoms with van der Waals surface area (Å²) in [6.07, 6.45) is 4.98. The number of fused-ring (bicyclic) bond motifs is 1. The zero-order chi connectivity index (χ0) is 16.6. The highest BCUT2D eigenvalue weighted by Gasteiger charge is 2.31. The fraction of sp³-hybridized carbons (Fsp3) is 0.667. The van der Waals surface area contributed by atoms with E-state index in [1.54, 1.807) is 11.3 Å². The highest BCUT2D eigenvalue weighted by molar-refractivity contribution is 7.14. The van der Waals surface area contributed by atoms with Gasteiger partial charge in [-0.3, -0.25) is 9.59 Å². The summed E-state index contributed by atoms with van der Waals surface area (Å²) in [5.41, 5.74) is 1.64. The van der Waals surface area contributed by atoms with E-state index in [-0.39, 0.29) is 17.9 Å². The molecule has 2 aliphatic rings. The average molecular weight is 334 g/mol. The van der Waals surface area contributed by atoms with E-state index < -0.39 is 0 Å². The monoisotopic (exact) mass is 334 g/mol. The highest BCUT2D eigenvalue weighted by Crippen LogP contribution is 2.40. The molecule has 0 bridgehead atoms. The Hall–Kier alpha value is -1.36. The maximum absolute atomic E-state index is 12.5. The molecule has 4 nitrogen and oxygen atoms in total. The van der Waals surface area contributed by atoms with Gasteiger partial charge in [-0.25, -0.2) is 0 Å². The quantitative estimate of drug-likeness (QED) is 0.874. The Morgan fingerprint density at radius 1 is 1.35 bits per heavy atom. The van der Waals surface area contributed by atoms with E-state index in [2.05, 4.69) is 31.4 Å². The van der Waals surface area contributed by atoms with Crippen molar-refractivity contribution in [1.29, 1.82) is 0 Å². The predicted octanol–water partition coefficient (Wildman–Crippen LogP) is 2.91. The molecular weight excluding hydrogens is 308 g/mol.